The van der Waals surface area contributed by atoms with Gasteiger partial charge in [0.2, 0.25) is 0 Å². The molecule has 1 saturated heterocycles. The predicted octanol–water partition coefficient (Wildman–Crippen LogP) is 3.42. The van der Waals surface area contributed by atoms with Crippen LogP contribution in [0.5, 0.6) is 0 Å². The number of nitrogens with zero attached hydrogens (tertiary/aromatic N) is 2. The number of nitro benzene ring substituents is 1. The zero-order valence-corrected chi connectivity index (χ0v) is 14.0. The summed E-state index contributed by atoms with van der Waals surface area (Å²) in [5.74, 6) is 0.799. The Morgan fingerprint density at radius 2 is 1.96 bits per heavy atom. The van der Waals surface area contributed by atoms with Crippen molar-refractivity contribution in [2.45, 2.75) is 12.5 Å². The van der Waals surface area contributed by atoms with Crippen molar-refractivity contribution in [2.75, 3.05) is 19.6 Å². The minimum Gasteiger partial charge on any atom is -0.330 e. The van der Waals surface area contributed by atoms with Crippen LogP contribution in [0.1, 0.15) is 17.0 Å². The molecule has 126 valence electrons. The van der Waals surface area contributed by atoms with Crippen LogP contribution in [0.15, 0.2) is 48.5 Å². The summed E-state index contributed by atoms with van der Waals surface area (Å²) in [6.07, 6.45) is 0. The molecular weight excluding hydrogens is 326 g/mol. The molecule has 0 aromatic heterocycles. The van der Waals surface area contributed by atoms with Crippen LogP contribution in [0, 0.1) is 16.0 Å². The average Bonchev–Trinajstić information content (AvgIpc) is 3.00. The minimum atomic E-state index is -0.439. The molecule has 0 aliphatic carbocycles. The van der Waals surface area contributed by atoms with Crippen molar-refractivity contribution in [1.29, 1.82) is 0 Å². The molecule has 0 radical (unpaired) electrons. The highest BCUT2D eigenvalue weighted by molar-refractivity contribution is 6.32. The number of likely N-dealkylation sites (tertiary alicyclic amines) is 1. The fourth-order valence-corrected chi connectivity index (χ4v) is 3.65. The lowest BCUT2D eigenvalue weighted by molar-refractivity contribution is -0.384. The summed E-state index contributed by atoms with van der Waals surface area (Å²) in [6, 6.07) is 15.4. The highest BCUT2D eigenvalue weighted by Gasteiger charge is 2.32. The summed E-state index contributed by atoms with van der Waals surface area (Å²) in [5, 5.41) is 11.2. The molecule has 1 aliphatic heterocycles. The van der Waals surface area contributed by atoms with Crippen molar-refractivity contribution in [2.24, 2.45) is 11.7 Å². The molecule has 0 unspecified atom stereocenters. The molecule has 1 heterocycles. The maximum atomic E-state index is 11.0. The first-order valence-electron chi connectivity index (χ1n) is 7.98. The lowest BCUT2D eigenvalue weighted by Gasteiger charge is -2.17. The van der Waals surface area contributed by atoms with Crippen molar-refractivity contribution < 1.29 is 4.92 Å². The maximum absolute atomic E-state index is 11.0. The highest BCUT2D eigenvalue weighted by atomic mass is 35.5. The molecule has 6 heteroatoms. The molecule has 1 fully saturated rings. The van der Waals surface area contributed by atoms with Crippen LogP contribution in [-0.2, 0) is 6.54 Å². The van der Waals surface area contributed by atoms with Gasteiger partial charge in [-0.15, -0.1) is 0 Å². The summed E-state index contributed by atoms with van der Waals surface area (Å²) in [4.78, 5) is 12.9. The molecular formula is C18H20ClN3O2. The Balaban J connectivity index is 1.75. The fraction of sp³-hybridized carbons (Fsp3) is 0.333. The zero-order chi connectivity index (χ0) is 17.1. The van der Waals surface area contributed by atoms with Gasteiger partial charge in [0, 0.05) is 31.6 Å². The van der Waals surface area contributed by atoms with E-state index in [-0.39, 0.29) is 10.7 Å². The van der Waals surface area contributed by atoms with Gasteiger partial charge in [0.25, 0.3) is 5.69 Å². The molecule has 1 aliphatic rings. The first-order chi connectivity index (χ1) is 11.6. The molecule has 2 aromatic carbocycles. The molecule has 0 amide bonds. The predicted molar refractivity (Wildman–Crippen MR) is 95.1 cm³/mol. The number of nitrogens with two attached hydrogens (primary N) is 1. The smallest absolute Gasteiger partial charge is 0.288 e. The van der Waals surface area contributed by atoms with Gasteiger partial charge in [0.15, 0.2) is 0 Å². The number of hydrogen-bond donors (Lipinski definition) is 1. The molecule has 5 nitrogen and oxygen atoms in total. The first kappa shape index (κ1) is 16.9. The van der Waals surface area contributed by atoms with Crippen molar-refractivity contribution in [1.82, 2.24) is 4.90 Å². The summed E-state index contributed by atoms with van der Waals surface area (Å²) in [7, 11) is 0. The van der Waals surface area contributed by atoms with E-state index in [0.29, 0.717) is 24.9 Å². The topological polar surface area (TPSA) is 72.4 Å². The monoisotopic (exact) mass is 345 g/mol. The summed E-state index contributed by atoms with van der Waals surface area (Å²) >= 11 is 5.88. The quantitative estimate of drug-likeness (QED) is 0.665. The van der Waals surface area contributed by atoms with Gasteiger partial charge in [-0.3, -0.25) is 15.0 Å². The third kappa shape index (κ3) is 3.59. The molecule has 0 spiro atoms. The Labute approximate surface area is 146 Å². The van der Waals surface area contributed by atoms with Gasteiger partial charge in [-0.1, -0.05) is 48.0 Å². The Kier molecular flexibility index (Phi) is 5.14. The van der Waals surface area contributed by atoms with Crippen LogP contribution in [0.3, 0.4) is 0 Å². The second kappa shape index (κ2) is 7.30. The number of hydrogen-bond acceptors (Lipinski definition) is 4. The van der Waals surface area contributed by atoms with E-state index >= 15 is 0 Å². The van der Waals surface area contributed by atoms with Crippen LogP contribution >= 0.6 is 11.6 Å². The van der Waals surface area contributed by atoms with E-state index in [0.717, 1.165) is 18.7 Å². The molecule has 2 N–H and O–H groups in total. The van der Waals surface area contributed by atoms with Crippen LogP contribution in [0.4, 0.5) is 5.69 Å². The third-order valence-electron chi connectivity index (χ3n) is 4.66. The van der Waals surface area contributed by atoms with E-state index in [1.807, 2.05) is 24.3 Å². The number of halogens is 1. The molecule has 2 aromatic rings. The molecule has 3 rings (SSSR count). The third-order valence-corrected chi connectivity index (χ3v) is 4.98. The van der Waals surface area contributed by atoms with Crippen LogP contribution in [-0.4, -0.2) is 29.5 Å². The van der Waals surface area contributed by atoms with Gasteiger partial charge >= 0.3 is 0 Å². The van der Waals surface area contributed by atoms with Gasteiger partial charge in [-0.05, 0) is 29.7 Å². The maximum Gasteiger partial charge on any atom is 0.288 e. The minimum absolute atomic E-state index is 0.0386. The number of benzene rings is 2. The molecule has 0 bridgehead atoms. The Morgan fingerprint density at radius 3 is 2.62 bits per heavy atom. The van der Waals surface area contributed by atoms with E-state index in [9.17, 15) is 10.1 Å². The van der Waals surface area contributed by atoms with Crippen molar-refractivity contribution in [3.63, 3.8) is 0 Å². The Bertz CT molecular complexity index is 723. The SMILES string of the molecule is NC[C@@H]1CN(Cc2ccc(Cl)c([N+](=O)[O-])c2)C[C@H]1c1ccccc1. The Hall–Kier alpha value is -1.95. The fourth-order valence-electron chi connectivity index (χ4n) is 3.46. The number of nitro groups is 1. The van der Waals surface area contributed by atoms with Crippen LogP contribution < -0.4 is 5.73 Å². The second-order valence-corrected chi connectivity index (χ2v) is 6.66. The van der Waals surface area contributed by atoms with E-state index in [2.05, 4.69) is 17.0 Å². The van der Waals surface area contributed by atoms with E-state index < -0.39 is 4.92 Å². The van der Waals surface area contributed by atoms with E-state index in [1.165, 1.54) is 5.56 Å². The lowest BCUT2D eigenvalue weighted by atomic mass is 9.89. The summed E-state index contributed by atoms with van der Waals surface area (Å²) in [5.41, 5.74) is 8.13. The molecule has 24 heavy (non-hydrogen) atoms. The van der Waals surface area contributed by atoms with Crippen molar-refractivity contribution in [3.05, 3.63) is 74.8 Å². The van der Waals surface area contributed by atoms with E-state index in [1.54, 1.807) is 12.1 Å². The van der Waals surface area contributed by atoms with Crippen LogP contribution in [0.25, 0.3) is 0 Å². The second-order valence-electron chi connectivity index (χ2n) is 6.25. The van der Waals surface area contributed by atoms with Crippen molar-refractivity contribution >= 4 is 17.3 Å². The van der Waals surface area contributed by atoms with Gasteiger partial charge in [0.1, 0.15) is 5.02 Å². The molecule has 0 saturated carbocycles. The standard InChI is InChI=1S/C18H20ClN3O2/c19-17-7-6-13(8-18(17)22(23)24)10-21-11-15(9-20)16(12-21)14-4-2-1-3-5-14/h1-8,15-16H,9-12,20H2/t15-,16+/m1/s1. The van der Waals surface area contributed by atoms with Gasteiger partial charge in [-0.2, -0.15) is 0 Å². The number of rotatable bonds is 5. The first-order valence-corrected chi connectivity index (χ1v) is 8.36. The zero-order valence-electron chi connectivity index (χ0n) is 13.3. The van der Waals surface area contributed by atoms with Crippen LogP contribution in [0.2, 0.25) is 5.02 Å². The summed E-state index contributed by atoms with van der Waals surface area (Å²) in [6.45, 7) is 3.10. The average molecular weight is 346 g/mol. The lowest BCUT2D eigenvalue weighted by Crippen LogP contribution is -2.23. The normalized spacial score (nSPS) is 21.1. The largest absolute Gasteiger partial charge is 0.330 e. The van der Waals surface area contributed by atoms with Gasteiger partial charge in [-0.25, -0.2) is 0 Å². The highest BCUT2D eigenvalue weighted by Crippen LogP contribution is 2.33. The summed E-state index contributed by atoms with van der Waals surface area (Å²) < 4.78 is 0. The Morgan fingerprint density at radius 1 is 1.21 bits per heavy atom. The van der Waals surface area contributed by atoms with Gasteiger partial charge in [0.05, 0.1) is 4.92 Å². The molecule has 2 atom stereocenters. The van der Waals surface area contributed by atoms with Crippen molar-refractivity contribution in [3.8, 4) is 0 Å². The van der Waals surface area contributed by atoms with E-state index in [4.69, 9.17) is 17.3 Å². The van der Waals surface area contributed by atoms with Gasteiger partial charge < -0.3 is 5.73 Å².